The van der Waals surface area contributed by atoms with Crippen molar-refractivity contribution in [3.8, 4) is 0 Å². The predicted octanol–water partition coefficient (Wildman–Crippen LogP) is 2.30. The molecule has 0 aromatic carbocycles. The molecule has 1 fully saturated rings. The van der Waals surface area contributed by atoms with E-state index in [4.69, 9.17) is 9.84 Å². The first-order valence-electron chi connectivity index (χ1n) is 5.23. The first kappa shape index (κ1) is 11.5. The molecule has 0 amide bonds. The van der Waals surface area contributed by atoms with Gasteiger partial charge in [-0.15, -0.1) is 0 Å². The summed E-state index contributed by atoms with van der Waals surface area (Å²) in [6, 6.07) is 0. The monoisotopic (exact) mass is 200 g/mol. The lowest BCUT2D eigenvalue weighted by Gasteiger charge is -2.45. The fourth-order valence-corrected chi connectivity index (χ4v) is 2.27. The summed E-state index contributed by atoms with van der Waals surface area (Å²) in [4.78, 5) is 11.0. The molecular formula is C11H20O3. The van der Waals surface area contributed by atoms with Gasteiger partial charge in [0.1, 0.15) is 0 Å². The zero-order valence-corrected chi connectivity index (χ0v) is 9.30. The van der Waals surface area contributed by atoms with Crippen LogP contribution in [0.3, 0.4) is 0 Å². The zero-order chi connectivity index (χ0) is 10.8. The highest BCUT2D eigenvalue weighted by Gasteiger charge is 2.44. The average molecular weight is 200 g/mol. The van der Waals surface area contributed by atoms with Gasteiger partial charge in [-0.2, -0.15) is 0 Å². The van der Waals surface area contributed by atoms with Crippen LogP contribution in [0.4, 0.5) is 0 Å². The Bertz CT molecular complexity index is 217. The van der Waals surface area contributed by atoms with Crippen molar-refractivity contribution in [2.24, 2.45) is 10.8 Å². The van der Waals surface area contributed by atoms with Gasteiger partial charge in [0.2, 0.25) is 0 Å². The SMILES string of the molecule is CCCC1(CC(C)(C)C(=O)O)COC1. The molecule has 3 nitrogen and oxygen atoms in total. The molecule has 0 aliphatic carbocycles. The highest BCUT2D eigenvalue weighted by Crippen LogP contribution is 2.43. The lowest BCUT2D eigenvalue weighted by Crippen LogP contribution is -2.47. The normalized spacial score (nSPS) is 20.2. The lowest BCUT2D eigenvalue weighted by atomic mass is 9.69. The second-order valence-electron chi connectivity index (χ2n) is 5.11. The van der Waals surface area contributed by atoms with E-state index in [0.717, 1.165) is 32.5 Å². The third-order valence-electron chi connectivity index (χ3n) is 2.99. The summed E-state index contributed by atoms with van der Waals surface area (Å²) >= 11 is 0. The van der Waals surface area contributed by atoms with Crippen molar-refractivity contribution in [1.29, 1.82) is 0 Å². The fourth-order valence-electron chi connectivity index (χ4n) is 2.27. The summed E-state index contributed by atoms with van der Waals surface area (Å²) < 4.78 is 5.22. The van der Waals surface area contributed by atoms with E-state index < -0.39 is 11.4 Å². The molecule has 3 heteroatoms. The van der Waals surface area contributed by atoms with Crippen molar-refractivity contribution in [2.75, 3.05) is 13.2 Å². The minimum atomic E-state index is -0.708. The second-order valence-corrected chi connectivity index (χ2v) is 5.11. The van der Waals surface area contributed by atoms with E-state index in [-0.39, 0.29) is 5.41 Å². The van der Waals surface area contributed by atoms with Gasteiger partial charge in [0.15, 0.2) is 0 Å². The number of carboxylic acids is 1. The third kappa shape index (κ3) is 2.27. The average Bonchev–Trinajstić information content (AvgIpc) is 2.00. The molecule has 0 atom stereocenters. The van der Waals surface area contributed by atoms with E-state index in [9.17, 15) is 4.79 Å². The van der Waals surface area contributed by atoms with Crippen LogP contribution in [0.25, 0.3) is 0 Å². The van der Waals surface area contributed by atoms with Gasteiger partial charge in [-0.25, -0.2) is 0 Å². The second kappa shape index (κ2) is 3.89. The summed E-state index contributed by atoms with van der Waals surface area (Å²) in [5, 5.41) is 9.05. The summed E-state index contributed by atoms with van der Waals surface area (Å²) in [7, 11) is 0. The first-order valence-corrected chi connectivity index (χ1v) is 5.23. The first-order chi connectivity index (χ1) is 6.42. The fraction of sp³-hybridized carbons (Fsp3) is 0.909. The minimum absolute atomic E-state index is 0.136. The number of carboxylic acid groups (broad SMARTS) is 1. The summed E-state index contributed by atoms with van der Waals surface area (Å²) in [6.45, 7) is 7.19. The molecule has 0 bridgehead atoms. The van der Waals surface area contributed by atoms with E-state index in [2.05, 4.69) is 6.92 Å². The van der Waals surface area contributed by atoms with Gasteiger partial charge >= 0.3 is 5.97 Å². The molecule has 0 unspecified atom stereocenters. The standard InChI is InChI=1S/C11H20O3/c1-4-5-11(7-14-8-11)6-10(2,3)9(12)13/h4-8H2,1-3H3,(H,12,13). The Morgan fingerprint density at radius 1 is 1.50 bits per heavy atom. The number of carbonyl (C=O) groups is 1. The molecule has 1 heterocycles. The van der Waals surface area contributed by atoms with Gasteiger partial charge in [0.25, 0.3) is 0 Å². The van der Waals surface area contributed by atoms with Crippen LogP contribution >= 0.6 is 0 Å². The molecule has 14 heavy (non-hydrogen) atoms. The maximum Gasteiger partial charge on any atom is 0.309 e. The van der Waals surface area contributed by atoms with Crippen molar-refractivity contribution in [2.45, 2.75) is 40.0 Å². The summed E-state index contributed by atoms with van der Waals surface area (Å²) in [5.74, 6) is -0.708. The number of rotatable bonds is 5. The Labute approximate surface area is 85.5 Å². The number of aliphatic carboxylic acids is 1. The van der Waals surface area contributed by atoms with Crippen LogP contribution in [0.1, 0.15) is 40.0 Å². The Balaban J connectivity index is 2.60. The number of hydrogen-bond donors (Lipinski definition) is 1. The van der Waals surface area contributed by atoms with E-state index in [0.29, 0.717) is 0 Å². The van der Waals surface area contributed by atoms with Gasteiger partial charge in [-0.3, -0.25) is 4.79 Å². The van der Waals surface area contributed by atoms with Crippen LogP contribution in [-0.4, -0.2) is 24.3 Å². The Kier molecular flexibility index (Phi) is 3.20. The summed E-state index contributed by atoms with van der Waals surface area (Å²) in [6.07, 6.45) is 2.89. The topological polar surface area (TPSA) is 46.5 Å². The van der Waals surface area contributed by atoms with Crippen LogP contribution in [0, 0.1) is 10.8 Å². The molecule has 1 rings (SSSR count). The van der Waals surface area contributed by atoms with Crippen molar-refractivity contribution in [1.82, 2.24) is 0 Å². The van der Waals surface area contributed by atoms with Crippen LogP contribution in [-0.2, 0) is 9.53 Å². The Morgan fingerprint density at radius 2 is 2.07 bits per heavy atom. The van der Waals surface area contributed by atoms with Crippen molar-refractivity contribution in [3.05, 3.63) is 0 Å². The maximum atomic E-state index is 11.0. The smallest absolute Gasteiger partial charge is 0.309 e. The van der Waals surface area contributed by atoms with Crippen LogP contribution in [0.15, 0.2) is 0 Å². The maximum absolute atomic E-state index is 11.0. The lowest BCUT2D eigenvalue weighted by molar-refractivity contribution is -0.163. The molecule has 0 aromatic heterocycles. The highest BCUT2D eigenvalue weighted by molar-refractivity contribution is 5.73. The van der Waals surface area contributed by atoms with Crippen molar-refractivity contribution >= 4 is 5.97 Å². The van der Waals surface area contributed by atoms with Crippen molar-refractivity contribution < 1.29 is 14.6 Å². The van der Waals surface area contributed by atoms with Crippen molar-refractivity contribution in [3.63, 3.8) is 0 Å². The van der Waals surface area contributed by atoms with Crippen LogP contribution in [0.2, 0.25) is 0 Å². The molecule has 0 radical (unpaired) electrons. The number of hydrogen-bond acceptors (Lipinski definition) is 2. The van der Waals surface area contributed by atoms with Crippen LogP contribution < -0.4 is 0 Å². The van der Waals surface area contributed by atoms with E-state index in [1.54, 1.807) is 13.8 Å². The van der Waals surface area contributed by atoms with Gasteiger partial charge in [0, 0.05) is 5.41 Å². The Morgan fingerprint density at radius 3 is 2.36 bits per heavy atom. The molecule has 0 spiro atoms. The minimum Gasteiger partial charge on any atom is -0.481 e. The van der Waals surface area contributed by atoms with Gasteiger partial charge in [-0.1, -0.05) is 13.3 Å². The van der Waals surface area contributed by atoms with Gasteiger partial charge in [-0.05, 0) is 26.7 Å². The molecule has 0 aromatic rings. The quantitative estimate of drug-likeness (QED) is 0.740. The highest BCUT2D eigenvalue weighted by atomic mass is 16.5. The molecule has 1 saturated heterocycles. The predicted molar refractivity (Wildman–Crippen MR) is 54.2 cm³/mol. The van der Waals surface area contributed by atoms with E-state index in [1.165, 1.54) is 0 Å². The van der Waals surface area contributed by atoms with Crippen LogP contribution in [0.5, 0.6) is 0 Å². The van der Waals surface area contributed by atoms with E-state index >= 15 is 0 Å². The van der Waals surface area contributed by atoms with Gasteiger partial charge < -0.3 is 9.84 Å². The number of ether oxygens (including phenoxy) is 1. The molecular weight excluding hydrogens is 180 g/mol. The Hall–Kier alpha value is -0.570. The summed E-state index contributed by atoms with van der Waals surface area (Å²) in [5.41, 5.74) is -0.490. The molecule has 0 saturated carbocycles. The largest absolute Gasteiger partial charge is 0.481 e. The van der Waals surface area contributed by atoms with Gasteiger partial charge in [0.05, 0.1) is 18.6 Å². The third-order valence-corrected chi connectivity index (χ3v) is 2.99. The molecule has 1 N–H and O–H groups in total. The molecule has 1 aliphatic heterocycles. The molecule has 82 valence electrons. The zero-order valence-electron chi connectivity index (χ0n) is 9.30. The van der Waals surface area contributed by atoms with E-state index in [1.807, 2.05) is 0 Å². The molecule has 1 aliphatic rings.